The molecular weight excluding hydrogens is 437 g/mol. The molecule has 0 saturated heterocycles. The molecule has 0 saturated carbocycles. The van der Waals surface area contributed by atoms with E-state index in [2.05, 4.69) is 15.3 Å². The van der Waals surface area contributed by atoms with Crippen molar-refractivity contribution in [3.05, 3.63) is 99.9 Å². The summed E-state index contributed by atoms with van der Waals surface area (Å²) in [5.74, 6) is -0.419. The van der Waals surface area contributed by atoms with Crippen LogP contribution in [-0.4, -0.2) is 20.4 Å². The summed E-state index contributed by atoms with van der Waals surface area (Å²) < 4.78 is 20.0. The molecule has 2 aromatic carbocycles. The Balaban J connectivity index is 1.51. The molecule has 0 unspecified atom stereocenters. The fraction of sp³-hybridized carbons (Fsp3) is 0. The summed E-state index contributed by atoms with van der Waals surface area (Å²) in [6, 6.07) is 14.7. The molecule has 0 atom stereocenters. The molecule has 0 aliphatic heterocycles. The lowest BCUT2D eigenvalue weighted by Crippen LogP contribution is -2.27. The van der Waals surface area contributed by atoms with Gasteiger partial charge in [0.15, 0.2) is 0 Å². The molecule has 0 spiro atoms. The second-order valence-corrected chi connectivity index (χ2v) is 6.91. The highest BCUT2D eigenvalue weighted by Gasteiger charge is 2.14. The number of nitrogen functional groups attached to an aromatic ring is 1. The van der Waals surface area contributed by atoms with Crippen LogP contribution in [0, 0.1) is 5.82 Å². The first-order valence-electron chi connectivity index (χ1n) is 9.25. The van der Waals surface area contributed by atoms with Crippen molar-refractivity contribution in [1.29, 1.82) is 0 Å². The van der Waals surface area contributed by atoms with Gasteiger partial charge in [-0.05, 0) is 60.7 Å². The number of nitrogens with one attached hydrogen (secondary N) is 1. The first-order chi connectivity index (χ1) is 15.4. The van der Waals surface area contributed by atoms with Gasteiger partial charge in [0.1, 0.15) is 34.3 Å². The summed E-state index contributed by atoms with van der Waals surface area (Å²) in [6.45, 7) is 0. The van der Waals surface area contributed by atoms with E-state index in [4.69, 9.17) is 22.1 Å². The summed E-state index contributed by atoms with van der Waals surface area (Å²) >= 11 is 6.01. The summed E-state index contributed by atoms with van der Waals surface area (Å²) in [6.07, 6.45) is 2.73. The lowest BCUT2D eigenvalue weighted by Gasteiger charge is -2.10. The zero-order valence-corrected chi connectivity index (χ0v) is 17.1. The van der Waals surface area contributed by atoms with E-state index in [9.17, 15) is 14.0 Å². The van der Waals surface area contributed by atoms with E-state index in [1.165, 1.54) is 47.4 Å². The maximum absolute atomic E-state index is 13.2. The highest BCUT2D eigenvalue weighted by molar-refractivity contribution is 6.34. The van der Waals surface area contributed by atoms with Gasteiger partial charge in [-0.15, -0.1) is 0 Å². The number of rotatable bonds is 5. The standard InChI is InChI=1S/C22H15ClFN5O3/c23-18-19(25)26-12-27-21(18)32-16-9-5-14(6-10-16)28-20(30)17-2-1-11-29(22(17)31)15-7-3-13(24)4-8-15/h1-12H,(H,28,30)(H2,25,26,27). The molecule has 4 aromatic rings. The SMILES string of the molecule is Nc1ncnc(Oc2ccc(NC(=O)c3cccn(-c4ccc(F)cc4)c3=O)cc2)c1Cl. The van der Waals surface area contributed by atoms with E-state index >= 15 is 0 Å². The molecule has 0 bridgehead atoms. The Bertz CT molecular complexity index is 1340. The van der Waals surface area contributed by atoms with Gasteiger partial charge in [0.05, 0.1) is 0 Å². The van der Waals surface area contributed by atoms with Gasteiger partial charge < -0.3 is 15.8 Å². The lowest BCUT2D eigenvalue weighted by atomic mass is 10.2. The minimum atomic E-state index is -0.591. The van der Waals surface area contributed by atoms with Gasteiger partial charge in [-0.3, -0.25) is 14.2 Å². The zero-order chi connectivity index (χ0) is 22.7. The summed E-state index contributed by atoms with van der Waals surface area (Å²) in [5.41, 5.74) is 5.90. The highest BCUT2D eigenvalue weighted by Crippen LogP contribution is 2.30. The number of nitrogens with two attached hydrogens (primary N) is 1. The first-order valence-corrected chi connectivity index (χ1v) is 9.63. The van der Waals surface area contributed by atoms with Gasteiger partial charge in [0.2, 0.25) is 5.88 Å². The molecule has 2 heterocycles. The van der Waals surface area contributed by atoms with Crippen LogP contribution < -0.4 is 21.3 Å². The van der Waals surface area contributed by atoms with Crippen molar-refractivity contribution in [2.75, 3.05) is 11.1 Å². The minimum absolute atomic E-state index is 0.0691. The third-order valence-corrected chi connectivity index (χ3v) is 4.76. The maximum atomic E-state index is 13.2. The van der Waals surface area contributed by atoms with Gasteiger partial charge in [-0.2, -0.15) is 4.98 Å². The molecule has 0 radical (unpaired) electrons. The van der Waals surface area contributed by atoms with Crippen molar-refractivity contribution in [2.24, 2.45) is 0 Å². The van der Waals surface area contributed by atoms with Crippen LogP contribution in [0.15, 0.2) is 78.0 Å². The molecule has 160 valence electrons. The largest absolute Gasteiger partial charge is 0.437 e. The predicted octanol–water partition coefficient (Wildman–Crippen LogP) is 4.05. The van der Waals surface area contributed by atoms with Gasteiger partial charge in [-0.1, -0.05) is 11.6 Å². The van der Waals surface area contributed by atoms with Crippen LogP contribution in [0.25, 0.3) is 5.69 Å². The smallest absolute Gasteiger partial charge is 0.267 e. The maximum Gasteiger partial charge on any atom is 0.267 e. The van der Waals surface area contributed by atoms with E-state index in [-0.39, 0.29) is 22.3 Å². The van der Waals surface area contributed by atoms with Crippen molar-refractivity contribution >= 4 is 29.0 Å². The number of anilines is 2. The second kappa shape index (κ2) is 8.86. The average molecular weight is 452 g/mol. The molecule has 1 amide bonds. The van der Waals surface area contributed by atoms with Crippen molar-refractivity contribution in [3.63, 3.8) is 0 Å². The molecule has 0 fully saturated rings. The van der Waals surface area contributed by atoms with Crippen LogP contribution in [0.1, 0.15) is 10.4 Å². The van der Waals surface area contributed by atoms with Crippen LogP contribution in [0.5, 0.6) is 11.6 Å². The topological polar surface area (TPSA) is 112 Å². The van der Waals surface area contributed by atoms with Crippen molar-refractivity contribution in [1.82, 2.24) is 14.5 Å². The van der Waals surface area contributed by atoms with E-state index in [0.29, 0.717) is 17.1 Å². The monoisotopic (exact) mass is 451 g/mol. The molecular formula is C22H15ClFN5O3. The zero-order valence-electron chi connectivity index (χ0n) is 16.3. The number of benzene rings is 2. The summed E-state index contributed by atoms with van der Waals surface area (Å²) in [4.78, 5) is 33.1. The third kappa shape index (κ3) is 4.42. The number of aromatic nitrogens is 3. The van der Waals surface area contributed by atoms with Crippen LogP contribution in [0.2, 0.25) is 5.02 Å². The van der Waals surface area contributed by atoms with Gasteiger partial charge in [0.25, 0.3) is 11.5 Å². The Kier molecular flexibility index (Phi) is 5.82. The van der Waals surface area contributed by atoms with Gasteiger partial charge in [-0.25, -0.2) is 9.37 Å². The molecule has 3 N–H and O–H groups in total. The number of pyridine rings is 1. The van der Waals surface area contributed by atoms with Crippen LogP contribution in [0.4, 0.5) is 15.9 Å². The normalized spacial score (nSPS) is 10.6. The van der Waals surface area contributed by atoms with Crippen molar-refractivity contribution in [2.45, 2.75) is 0 Å². The Hall–Kier alpha value is -4.24. The Morgan fingerprint density at radius 1 is 1.06 bits per heavy atom. The third-order valence-electron chi connectivity index (χ3n) is 4.41. The molecule has 32 heavy (non-hydrogen) atoms. The Morgan fingerprint density at radius 3 is 2.50 bits per heavy atom. The van der Waals surface area contributed by atoms with E-state index in [1.807, 2.05) is 0 Å². The van der Waals surface area contributed by atoms with Gasteiger partial charge >= 0.3 is 0 Å². The number of hydrogen-bond acceptors (Lipinski definition) is 6. The van der Waals surface area contributed by atoms with Gasteiger partial charge in [0, 0.05) is 17.6 Å². The fourth-order valence-electron chi connectivity index (χ4n) is 2.83. The number of halogens is 2. The number of ether oxygens (including phenoxy) is 1. The summed E-state index contributed by atoms with van der Waals surface area (Å²) in [7, 11) is 0. The molecule has 2 aromatic heterocycles. The quantitative estimate of drug-likeness (QED) is 0.473. The molecule has 0 aliphatic rings. The number of hydrogen-bond donors (Lipinski definition) is 2. The van der Waals surface area contributed by atoms with Crippen molar-refractivity contribution < 1.29 is 13.9 Å². The number of carbonyl (C=O) groups excluding carboxylic acids is 1. The molecule has 10 heteroatoms. The van der Waals surface area contributed by atoms with Crippen LogP contribution >= 0.6 is 11.6 Å². The van der Waals surface area contributed by atoms with Crippen LogP contribution in [-0.2, 0) is 0 Å². The van der Waals surface area contributed by atoms with E-state index in [0.717, 1.165) is 0 Å². The highest BCUT2D eigenvalue weighted by atomic mass is 35.5. The van der Waals surface area contributed by atoms with E-state index in [1.54, 1.807) is 30.3 Å². The lowest BCUT2D eigenvalue weighted by molar-refractivity contribution is 0.102. The van der Waals surface area contributed by atoms with Crippen molar-refractivity contribution in [3.8, 4) is 17.3 Å². The number of carbonyl (C=O) groups is 1. The molecule has 0 aliphatic carbocycles. The Morgan fingerprint density at radius 2 is 1.78 bits per heavy atom. The Labute approximate surface area is 186 Å². The molecule has 4 rings (SSSR count). The second-order valence-electron chi connectivity index (χ2n) is 6.53. The summed E-state index contributed by atoms with van der Waals surface area (Å²) in [5, 5.41) is 2.75. The van der Waals surface area contributed by atoms with E-state index < -0.39 is 17.3 Å². The number of amides is 1. The average Bonchev–Trinajstić information content (AvgIpc) is 2.79. The minimum Gasteiger partial charge on any atom is -0.437 e. The fourth-order valence-corrected chi connectivity index (χ4v) is 2.96. The predicted molar refractivity (Wildman–Crippen MR) is 118 cm³/mol. The molecule has 8 nitrogen and oxygen atoms in total. The number of nitrogens with zero attached hydrogens (tertiary/aromatic N) is 3. The van der Waals surface area contributed by atoms with Crippen LogP contribution in [0.3, 0.4) is 0 Å². The first kappa shape index (κ1) is 21.0.